The van der Waals surface area contributed by atoms with Crippen LogP contribution in [0.15, 0.2) is 73.3 Å². The summed E-state index contributed by atoms with van der Waals surface area (Å²) in [5, 5.41) is 3.29. The number of ether oxygens (including phenoxy) is 1. The molecule has 138 valence electrons. The fraction of sp³-hybridized carbons (Fsp3) is 0.0909. The molecular weight excluding hydrogens is 350 g/mol. The van der Waals surface area contributed by atoms with Crippen LogP contribution >= 0.6 is 0 Å². The summed E-state index contributed by atoms with van der Waals surface area (Å²) in [6.07, 6.45) is 7.12. The molecule has 0 saturated carbocycles. The Morgan fingerprint density at radius 2 is 1.54 bits per heavy atom. The summed E-state index contributed by atoms with van der Waals surface area (Å²) in [6, 6.07) is 15.7. The van der Waals surface area contributed by atoms with Gasteiger partial charge in [0.1, 0.15) is 17.4 Å². The van der Waals surface area contributed by atoms with Crippen LogP contribution < -0.4 is 10.1 Å². The molecule has 4 aromatic rings. The first-order chi connectivity index (χ1) is 13.7. The number of nitrogens with zero attached hydrogens (tertiary/aromatic N) is 4. The van der Waals surface area contributed by atoms with Gasteiger partial charge in [-0.15, -0.1) is 0 Å². The van der Waals surface area contributed by atoms with Crippen molar-refractivity contribution in [2.24, 2.45) is 0 Å². The van der Waals surface area contributed by atoms with E-state index in [0.717, 1.165) is 39.6 Å². The second-order valence-electron chi connectivity index (χ2n) is 6.24. The Morgan fingerprint density at radius 1 is 0.786 bits per heavy atom. The van der Waals surface area contributed by atoms with E-state index in [4.69, 9.17) is 4.74 Å². The van der Waals surface area contributed by atoms with E-state index in [1.807, 2.05) is 61.8 Å². The summed E-state index contributed by atoms with van der Waals surface area (Å²) in [6.45, 7) is 1.88. The van der Waals surface area contributed by atoms with Crippen LogP contribution in [0.4, 0.5) is 11.5 Å². The fourth-order valence-corrected chi connectivity index (χ4v) is 2.88. The van der Waals surface area contributed by atoms with Gasteiger partial charge in [0.05, 0.1) is 12.8 Å². The van der Waals surface area contributed by atoms with Crippen LogP contribution in [0.5, 0.6) is 5.75 Å². The average molecular weight is 369 g/mol. The van der Waals surface area contributed by atoms with Gasteiger partial charge in [-0.3, -0.25) is 9.97 Å². The normalized spacial score (nSPS) is 10.5. The molecule has 0 atom stereocenters. The molecule has 4 rings (SSSR count). The molecule has 0 spiro atoms. The zero-order chi connectivity index (χ0) is 19.3. The number of pyridine rings is 2. The molecule has 6 nitrogen and oxygen atoms in total. The van der Waals surface area contributed by atoms with Gasteiger partial charge >= 0.3 is 0 Å². The monoisotopic (exact) mass is 369 g/mol. The average Bonchev–Trinajstić information content (AvgIpc) is 2.74. The molecule has 0 radical (unpaired) electrons. The molecule has 1 aromatic carbocycles. The van der Waals surface area contributed by atoms with E-state index >= 15 is 0 Å². The minimum absolute atomic E-state index is 0.684. The molecule has 6 heteroatoms. The summed E-state index contributed by atoms with van der Waals surface area (Å²) >= 11 is 0. The number of rotatable bonds is 5. The largest absolute Gasteiger partial charge is 0.497 e. The van der Waals surface area contributed by atoms with Crippen molar-refractivity contribution in [1.82, 2.24) is 19.9 Å². The Morgan fingerprint density at radius 3 is 2.29 bits per heavy atom. The maximum absolute atomic E-state index is 5.23. The van der Waals surface area contributed by atoms with E-state index in [1.54, 1.807) is 19.5 Å². The van der Waals surface area contributed by atoms with Crippen molar-refractivity contribution in [1.29, 1.82) is 0 Å². The molecule has 1 N–H and O–H groups in total. The van der Waals surface area contributed by atoms with Gasteiger partial charge in [0, 0.05) is 47.7 Å². The Labute approximate surface area is 163 Å². The maximum atomic E-state index is 5.23. The number of aromatic nitrogens is 4. The molecule has 0 saturated heterocycles. The van der Waals surface area contributed by atoms with Gasteiger partial charge in [0.2, 0.25) is 0 Å². The van der Waals surface area contributed by atoms with Crippen molar-refractivity contribution in [3.05, 3.63) is 79.1 Å². The molecule has 0 aliphatic rings. The maximum Gasteiger partial charge on any atom is 0.134 e. The SMILES string of the molecule is COc1ccc(-c2cncc(-c3cc(Nc4ccncc4)nc(C)n3)c2)cc1. The topological polar surface area (TPSA) is 72.8 Å². The van der Waals surface area contributed by atoms with Gasteiger partial charge in [0.25, 0.3) is 0 Å². The van der Waals surface area contributed by atoms with E-state index in [-0.39, 0.29) is 0 Å². The minimum atomic E-state index is 0.684. The smallest absolute Gasteiger partial charge is 0.134 e. The molecule has 3 heterocycles. The quantitative estimate of drug-likeness (QED) is 0.551. The van der Waals surface area contributed by atoms with E-state index in [0.29, 0.717) is 5.82 Å². The van der Waals surface area contributed by atoms with Crippen LogP contribution in [-0.2, 0) is 0 Å². The highest BCUT2D eigenvalue weighted by molar-refractivity contribution is 5.72. The number of aryl methyl sites for hydroxylation is 1. The number of hydrogen-bond acceptors (Lipinski definition) is 6. The highest BCUT2D eigenvalue weighted by atomic mass is 16.5. The van der Waals surface area contributed by atoms with Crippen LogP contribution in [-0.4, -0.2) is 27.0 Å². The van der Waals surface area contributed by atoms with Crippen molar-refractivity contribution in [2.45, 2.75) is 6.92 Å². The van der Waals surface area contributed by atoms with Crippen molar-refractivity contribution in [2.75, 3.05) is 12.4 Å². The Balaban J connectivity index is 1.67. The van der Waals surface area contributed by atoms with Gasteiger partial charge < -0.3 is 10.1 Å². The van der Waals surface area contributed by atoms with Crippen LogP contribution in [0.25, 0.3) is 22.4 Å². The summed E-state index contributed by atoms with van der Waals surface area (Å²) in [5.41, 5.74) is 4.74. The van der Waals surface area contributed by atoms with Gasteiger partial charge in [-0.1, -0.05) is 12.1 Å². The van der Waals surface area contributed by atoms with Crippen molar-refractivity contribution < 1.29 is 4.74 Å². The van der Waals surface area contributed by atoms with E-state index in [9.17, 15) is 0 Å². The third kappa shape index (κ3) is 3.96. The third-order valence-corrected chi connectivity index (χ3v) is 4.25. The van der Waals surface area contributed by atoms with E-state index < -0.39 is 0 Å². The van der Waals surface area contributed by atoms with Crippen LogP contribution in [0, 0.1) is 6.92 Å². The van der Waals surface area contributed by atoms with Crippen molar-refractivity contribution >= 4 is 11.5 Å². The summed E-state index contributed by atoms with van der Waals surface area (Å²) in [5.74, 6) is 2.23. The summed E-state index contributed by atoms with van der Waals surface area (Å²) in [7, 11) is 1.66. The van der Waals surface area contributed by atoms with Crippen LogP contribution in [0.1, 0.15) is 5.82 Å². The predicted octanol–water partition coefficient (Wildman–Crippen LogP) is 4.66. The molecule has 0 aliphatic heterocycles. The summed E-state index contributed by atoms with van der Waals surface area (Å²) < 4.78 is 5.23. The molecule has 3 aromatic heterocycles. The second-order valence-corrected chi connectivity index (χ2v) is 6.24. The van der Waals surface area contributed by atoms with Crippen molar-refractivity contribution in [3.63, 3.8) is 0 Å². The lowest BCUT2D eigenvalue weighted by atomic mass is 10.0. The Hall–Kier alpha value is -3.80. The van der Waals surface area contributed by atoms with Crippen LogP contribution in [0.3, 0.4) is 0 Å². The number of hydrogen-bond donors (Lipinski definition) is 1. The number of methoxy groups -OCH3 is 1. The first kappa shape index (κ1) is 17.6. The van der Waals surface area contributed by atoms with Crippen molar-refractivity contribution in [3.8, 4) is 28.1 Å². The van der Waals surface area contributed by atoms with E-state index in [1.165, 1.54) is 0 Å². The standard InChI is InChI=1S/C22H19N5O/c1-15-25-21(12-22(26-15)27-19-7-9-23-10-8-19)18-11-17(13-24-14-18)16-3-5-20(28-2)6-4-16/h3-14H,1-2H3,(H,23,25,26,27). The van der Waals surface area contributed by atoms with E-state index in [2.05, 4.69) is 31.3 Å². The van der Waals surface area contributed by atoms with Gasteiger partial charge in [-0.25, -0.2) is 9.97 Å². The second kappa shape index (κ2) is 7.84. The lowest BCUT2D eigenvalue weighted by molar-refractivity contribution is 0.415. The molecule has 0 fully saturated rings. The summed E-state index contributed by atoms with van der Waals surface area (Å²) in [4.78, 5) is 17.5. The zero-order valence-corrected chi connectivity index (χ0v) is 15.6. The zero-order valence-electron chi connectivity index (χ0n) is 15.6. The van der Waals surface area contributed by atoms with Gasteiger partial charge in [0.15, 0.2) is 0 Å². The Bertz CT molecular complexity index is 1080. The molecule has 28 heavy (non-hydrogen) atoms. The minimum Gasteiger partial charge on any atom is -0.497 e. The number of nitrogens with one attached hydrogen (secondary N) is 1. The molecule has 0 aliphatic carbocycles. The number of anilines is 2. The lowest BCUT2D eigenvalue weighted by Gasteiger charge is -2.10. The predicted molar refractivity (Wildman–Crippen MR) is 110 cm³/mol. The van der Waals surface area contributed by atoms with Gasteiger partial charge in [-0.2, -0.15) is 0 Å². The Kier molecular flexibility index (Phi) is 4.93. The first-order valence-corrected chi connectivity index (χ1v) is 8.84. The molecule has 0 bridgehead atoms. The van der Waals surface area contributed by atoms with Crippen LogP contribution in [0.2, 0.25) is 0 Å². The highest BCUT2D eigenvalue weighted by Gasteiger charge is 2.08. The lowest BCUT2D eigenvalue weighted by Crippen LogP contribution is -1.99. The third-order valence-electron chi connectivity index (χ3n) is 4.25. The van der Waals surface area contributed by atoms with Gasteiger partial charge in [-0.05, 0) is 42.8 Å². The molecule has 0 amide bonds. The first-order valence-electron chi connectivity index (χ1n) is 8.84. The highest BCUT2D eigenvalue weighted by Crippen LogP contribution is 2.27. The molecule has 0 unspecified atom stereocenters. The number of benzene rings is 1. The fourth-order valence-electron chi connectivity index (χ4n) is 2.88. The molecular formula is C22H19N5O.